The first-order valence-electron chi connectivity index (χ1n) is 6.89. The summed E-state index contributed by atoms with van der Waals surface area (Å²) in [5.41, 5.74) is 1.09. The van der Waals surface area contributed by atoms with Crippen molar-refractivity contribution in [2.75, 3.05) is 45.4 Å². The Morgan fingerprint density at radius 2 is 1.90 bits per heavy atom. The molecule has 0 unspecified atom stereocenters. The van der Waals surface area contributed by atoms with Gasteiger partial charge in [0, 0.05) is 44.4 Å². The van der Waals surface area contributed by atoms with Crippen LogP contribution in [0.25, 0.3) is 0 Å². The number of hydrogen-bond donors (Lipinski definition) is 0. The maximum absolute atomic E-state index is 11.6. The average molecular weight is 317 g/mol. The maximum Gasteiger partial charge on any atom is 0.222 e. The predicted molar refractivity (Wildman–Crippen MR) is 84.1 cm³/mol. The third-order valence-corrected chi connectivity index (χ3v) is 3.75. The highest BCUT2D eigenvalue weighted by molar-refractivity contribution is 6.32. The lowest BCUT2D eigenvalue weighted by atomic mass is 10.2. The first-order chi connectivity index (χ1) is 10.2. The number of rotatable bonds is 3. The van der Waals surface area contributed by atoms with Crippen molar-refractivity contribution < 1.29 is 13.9 Å². The molecule has 118 valence electrons. The molecule has 1 aliphatic rings. The van der Waals surface area contributed by atoms with E-state index in [1.54, 1.807) is 7.11 Å². The van der Waals surface area contributed by atoms with Gasteiger partial charge in [0.1, 0.15) is 5.75 Å². The Bertz CT molecular complexity index is 463. The van der Waals surface area contributed by atoms with E-state index in [-0.39, 0.29) is 5.91 Å². The summed E-state index contributed by atoms with van der Waals surface area (Å²) in [5.74, 6) is 0.916. The Labute approximate surface area is 130 Å². The van der Waals surface area contributed by atoms with Crippen molar-refractivity contribution in [2.45, 2.75) is 13.3 Å². The van der Waals surface area contributed by atoms with Crippen LogP contribution in [0.4, 0.5) is 10.1 Å². The van der Waals surface area contributed by atoms with Gasteiger partial charge in [0.05, 0.1) is 19.3 Å². The molecule has 0 radical (unpaired) electrons. The third-order valence-electron chi connectivity index (χ3n) is 3.43. The van der Waals surface area contributed by atoms with Gasteiger partial charge in [-0.15, -0.1) is 0 Å². The number of amides is 1. The number of ether oxygens (including phenoxy) is 1. The molecule has 0 spiro atoms. The Kier molecular flexibility index (Phi) is 7.29. The van der Waals surface area contributed by atoms with Crippen molar-refractivity contribution in [2.24, 2.45) is 0 Å². The van der Waals surface area contributed by atoms with Crippen molar-refractivity contribution in [1.29, 1.82) is 0 Å². The van der Waals surface area contributed by atoms with Gasteiger partial charge in [-0.1, -0.05) is 18.5 Å². The van der Waals surface area contributed by atoms with Crippen LogP contribution >= 0.6 is 11.6 Å². The van der Waals surface area contributed by atoms with Crippen LogP contribution in [0.2, 0.25) is 5.02 Å². The number of benzene rings is 1. The first kappa shape index (κ1) is 17.6. The van der Waals surface area contributed by atoms with Crippen LogP contribution in [0.15, 0.2) is 18.2 Å². The molecule has 0 saturated carbocycles. The zero-order valence-corrected chi connectivity index (χ0v) is 13.5. The highest BCUT2D eigenvalue weighted by Crippen LogP contribution is 2.29. The molecule has 21 heavy (non-hydrogen) atoms. The predicted octanol–water partition coefficient (Wildman–Crippen LogP) is 2.99. The molecule has 1 heterocycles. The number of anilines is 1. The lowest BCUT2D eigenvalue weighted by molar-refractivity contribution is -0.131. The number of halogens is 2. The Hall–Kier alpha value is -1.49. The number of carbonyl (C=O) groups is 1. The van der Waals surface area contributed by atoms with Crippen LogP contribution in [0.1, 0.15) is 13.3 Å². The molecule has 6 heteroatoms. The SMILES string of the molecule is CCC(=O)N1CCN(c2ccc(Cl)c(OC)c2)CC1.CF. The Morgan fingerprint density at radius 3 is 2.43 bits per heavy atom. The summed E-state index contributed by atoms with van der Waals surface area (Å²) in [6, 6.07) is 5.78. The molecule has 1 aromatic carbocycles. The lowest BCUT2D eigenvalue weighted by Crippen LogP contribution is -2.48. The van der Waals surface area contributed by atoms with Gasteiger partial charge in [-0.25, -0.2) is 0 Å². The van der Waals surface area contributed by atoms with E-state index in [1.807, 2.05) is 30.0 Å². The number of piperazine rings is 1. The summed E-state index contributed by atoms with van der Waals surface area (Å²) in [6.07, 6.45) is 0.578. The van der Waals surface area contributed by atoms with Gasteiger partial charge in [0.25, 0.3) is 0 Å². The number of nitrogens with zero attached hydrogens (tertiary/aromatic N) is 2. The second-order valence-electron chi connectivity index (χ2n) is 4.54. The normalized spacial score (nSPS) is 14.3. The van der Waals surface area contributed by atoms with E-state index >= 15 is 0 Å². The topological polar surface area (TPSA) is 32.8 Å². The maximum atomic E-state index is 11.6. The van der Waals surface area contributed by atoms with Gasteiger partial charge in [-0.05, 0) is 12.1 Å². The average Bonchev–Trinajstić information content (AvgIpc) is 2.56. The molecule has 0 aliphatic carbocycles. The molecule has 0 aromatic heterocycles. The molecular weight excluding hydrogens is 295 g/mol. The highest BCUT2D eigenvalue weighted by Gasteiger charge is 2.20. The van der Waals surface area contributed by atoms with Crippen LogP contribution < -0.4 is 9.64 Å². The van der Waals surface area contributed by atoms with Gasteiger partial charge in [-0.2, -0.15) is 0 Å². The fourth-order valence-electron chi connectivity index (χ4n) is 2.28. The van der Waals surface area contributed by atoms with E-state index < -0.39 is 0 Å². The lowest BCUT2D eigenvalue weighted by Gasteiger charge is -2.36. The van der Waals surface area contributed by atoms with Crippen LogP contribution in [-0.2, 0) is 4.79 Å². The Balaban J connectivity index is 0.00000106. The fraction of sp³-hybridized carbons (Fsp3) is 0.533. The fourth-order valence-corrected chi connectivity index (χ4v) is 2.48. The highest BCUT2D eigenvalue weighted by atomic mass is 35.5. The minimum absolute atomic E-state index is 0.230. The second kappa shape index (κ2) is 8.72. The number of hydrogen-bond acceptors (Lipinski definition) is 3. The second-order valence-corrected chi connectivity index (χ2v) is 4.95. The third kappa shape index (κ3) is 4.49. The summed E-state index contributed by atoms with van der Waals surface area (Å²) in [4.78, 5) is 15.8. The van der Waals surface area contributed by atoms with Crippen molar-refractivity contribution in [1.82, 2.24) is 4.90 Å². The zero-order chi connectivity index (χ0) is 15.8. The number of carbonyl (C=O) groups excluding carboxylic acids is 1. The van der Waals surface area contributed by atoms with Gasteiger partial charge in [-0.3, -0.25) is 9.18 Å². The van der Waals surface area contributed by atoms with Crippen LogP contribution in [0.5, 0.6) is 5.75 Å². The monoisotopic (exact) mass is 316 g/mol. The molecule has 1 aliphatic heterocycles. The molecule has 1 aromatic rings. The van der Waals surface area contributed by atoms with Gasteiger partial charge >= 0.3 is 0 Å². The molecule has 1 amide bonds. The molecular formula is C15H22ClFN2O2. The smallest absolute Gasteiger partial charge is 0.222 e. The summed E-state index contributed by atoms with van der Waals surface area (Å²) in [5, 5.41) is 0.617. The van der Waals surface area contributed by atoms with Crippen molar-refractivity contribution in [3.05, 3.63) is 23.2 Å². The van der Waals surface area contributed by atoms with Crippen molar-refractivity contribution in [3.8, 4) is 5.75 Å². The minimum Gasteiger partial charge on any atom is -0.495 e. The van der Waals surface area contributed by atoms with E-state index in [1.165, 1.54) is 0 Å². The quantitative estimate of drug-likeness (QED) is 0.859. The molecule has 2 rings (SSSR count). The molecule has 0 atom stereocenters. The minimum atomic E-state index is 0.230. The standard InChI is InChI=1S/C14H19ClN2O2.CH3F/c1-3-14(18)17-8-6-16(7-9-17)11-4-5-12(15)13(10-11)19-2;1-2/h4-5,10H,3,6-9H2,1-2H3;1H3. The van der Waals surface area contributed by atoms with E-state index in [0.717, 1.165) is 31.9 Å². The van der Waals surface area contributed by atoms with Gasteiger partial charge in [0.15, 0.2) is 0 Å². The van der Waals surface area contributed by atoms with E-state index in [0.29, 0.717) is 24.4 Å². The number of methoxy groups -OCH3 is 1. The van der Waals surface area contributed by atoms with E-state index in [9.17, 15) is 9.18 Å². The zero-order valence-electron chi connectivity index (χ0n) is 12.7. The molecule has 1 fully saturated rings. The summed E-state index contributed by atoms with van der Waals surface area (Å²) in [6.45, 7) is 5.14. The molecule has 0 N–H and O–H groups in total. The van der Waals surface area contributed by atoms with Crippen molar-refractivity contribution in [3.63, 3.8) is 0 Å². The first-order valence-corrected chi connectivity index (χ1v) is 7.27. The van der Waals surface area contributed by atoms with E-state index in [2.05, 4.69) is 4.90 Å². The van der Waals surface area contributed by atoms with Gasteiger partial charge < -0.3 is 14.5 Å². The number of alkyl halides is 1. The summed E-state index contributed by atoms with van der Waals surface area (Å²) in [7, 11) is 2.11. The summed E-state index contributed by atoms with van der Waals surface area (Å²) < 4.78 is 14.7. The van der Waals surface area contributed by atoms with Gasteiger partial charge in [0.2, 0.25) is 5.91 Å². The van der Waals surface area contributed by atoms with Crippen molar-refractivity contribution >= 4 is 23.2 Å². The largest absolute Gasteiger partial charge is 0.495 e. The van der Waals surface area contributed by atoms with Crippen LogP contribution in [0.3, 0.4) is 0 Å². The van der Waals surface area contributed by atoms with Crippen LogP contribution in [0, 0.1) is 0 Å². The summed E-state index contributed by atoms with van der Waals surface area (Å²) >= 11 is 6.02. The Morgan fingerprint density at radius 1 is 1.29 bits per heavy atom. The molecule has 4 nitrogen and oxygen atoms in total. The molecule has 1 saturated heterocycles. The molecule has 0 bridgehead atoms. The van der Waals surface area contributed by atoms with E-state index in [4.69, 9.17) is 16.3 Å². The van der Waals surface area contributed by atoms with Crippen LogP contribution in [-0.4, -0.2) is 51.3 Å².